The Labute approximate surface area is 162 Å². The fourth-order valence-electron chi connectivity index (χ4n) is 5.16. The highest BCUT2D eigenvalue weighted by Gasteiger charge is 2.30. The van der Waals surface area contributed by atoms with E-state index in [0.29, 0.717) is 11.8 Å². The van der Waals surface area contributed by atoms with E-state index in [1.807, 2.05) is 0 Å². The van der Waals surface area contributed by atoms with Crippen LogP contribution in [0.1, 0.15) is 65.0 Å². The monoisotopic (exact) mass is 350 g/mol. The second kappa shape index (κ2) is 6.23. The molecule has 0 spiro atoms. The minimum absolute atomic E-state index is 0.525. The lowest BCUT2D eigenvalue weighted by Crippen LogP contribution is -2.03. The topological polar surface area (TPSA) is 0 Å². The number of benzene rings is 3. The van der Waals surface area contributed by atoms with Gasteiger partial charge in [-0.05, 0) is 67.0 Å². The fraction of sp³-hybridized carbons (Fsp3) is 0.259. The molecule has 0 bridgehead atoms. The number of fused-ring (bicyclic) bond motifs is 4. The van der Waals surface area contributed by atoms with Crippen molar-refractivity contribution in [3.8, 4) is 11.1 Å². The van der Waals surface area contributed by atoms with Crippen molar-refractivity contribution in [3.05, 3.63) is 99.6 Å². The molecule has 3 aromatic carbocycles. The highest BCUT2D eigenvalue weighted by atomic mass is 14.3. The van der Waals surface area contributed by atoms with Gasteiger partial charge in [-0.1, -0.05) is 83.4 Å². The first-order chi connectivity index (χ1) is 13.1. The molecular formula is C27H26. The van der Waals surface area contributed by atoms with Gasteiger partial charge in [-0.15, -0.1) is 0 Å². The third-order valence-corrected chi connectivity index (χ3v) is 6.51. The number of hydrogen-bond acceptors (Lipinski definition) is 0. The molecule has 0 amide bonds. The standard InChI is InChI=1S/C27H26/c1-17-8-10-24-23(25-11-9-18(2)15-27(25)26(24)14-17)13-12-21-19(3)16-20-6-4-5-7-22(20)21/h4-11,14-16,21,23H,12-13H2,1-3H3. The molecule has 0 radical (unpaired) electrons. The Hall–Kier alpha value is -2.60. The summed E-state index contributed by atoms with van der Waals surface area (Å²) in [5.74, 6) is 1.10. The molecule has 0 aromatic heterocycles. The molecule has 0 aliphatic heterocycles. The summed E-state index contributed by atoms with van der Waals surface area (Å²) in [6.45, 7) is 6.70. The van der Waals surface area contributed by atoms with Crippen LogP contribution in [0.15, 0.2) is 66.2 Å². The van der Waals surface area contributed by atoms with Crippen molar-refractivity contribution in [2.24, 2.45) is 0 Å². The van der Waals surface area contributed by atoms with Gasteiger partial charge >= 0.3 is 0 Å². The molecule has 27 heavy (non-hydrogen) atoms. The summed E-state index contributed by atoms with van der Waals surface area (Å²) in [7, 11) is 0. The van der Waals surface area contributed by atoms with Crippen molar-refractivity contribution in [1.29, 1.82) is 0 Å². The predicted octanol–water partition coefficient (Wildman–Crippen LogP) is 7.40. The van der Waals surface area contributed by atoms with Gasteiger partial charge in [0.1, 0.15) is 0 Å². The Bertz CT molecular complexity index is 1020. The van der Waals surface area contributed by atoms with Crippen LogP contribution in [-0.4, -0.2) is 0 Å². The summed E-state index contributed by atoms with van der Waals surface area (Å²) in [4.78, 5) is 0. The van der Waals surface area contributed by atoms with Crippen LogP contribution >= 0.6 is 0 Å². The van der Waals surface area contributed by atoms with E-state index in [2.05, 4.69) is 87.5 Å². The van der Waals surface area contributed by atoms with Gasteiger partial charge in [-0.25, -0.2) is 0 Å². The zero-order valence-corrected chi connectivity index (χ0v) is 16.4. The van der Waals surface area contributed by atoms with Crippen molar-refractivity contribution >= 4 is 6.08 Å². The normalized spacial score (nSPS) is 17.4. The highest BCUT2D eigenvalue weighted by Crippen LogP contribution is 2.49. The molecule has 5 rings (SSSR count). The molecule has 2 aliphatic carbocycles. The van der Waals surface area contributed by atoms with Crippen LogP contribution in [0.4, 0.5) is 0 Å². The van der Waals surface area contributed by atoms with Crippen molar-refractivity contribution in [1.82, 2.24) is 0 Å². The molecule has 1 atom stereocenters. The minimum atomic E-state index is 0.525. The van der Waals surface area contributed by atoms with E-state index >= 15 is 0 Å². The zero-order valence-electron chi connectivity index (χ0n) is 16.4. The average Bonchev–Trinajstić information content (AvgIpc) is 3.13. The highest BCUT2D eigenvalue weighted by molar-refractivity contribution is 5.80. The van der Waals surface area contributed by atoms with Crippen molar-refractivity contribution < 1.29 is 0 Å². The van der Waals surface area contributed by atoms with Gasteiger partial charge in [0.15, 0.2) is 0 Å². The summed E-state index contributed by atoms with van der Waals surface area (Å²) in [6.07, 6.45) is 4.80. The first-order valence-electron chi connectivity index (χ1n) is 10.1. The van der Waals surface area contributed by atoms with E-state index < -0.39 is 0 Å². The third kappa shape index (κ3) is 2.67. The van der Waals surface area contributed by atoms with Crippen molar-refractivity contribution in [2.75, 3.05) is 0 Å². The maximum absolute atomic E-state index is 2.38. The second-order valence-corrected chi connectivity index (χ2v) is 8.38. The molecule has 0 saturated heterocycles. The molecule has 1 unspecified atom stereocenters. The maximum Gasteiger partial charge on any atom is 0.0102 e. The molecule has 0 saturated carbocycles. The summed E-state index contributed by atoms with van der Waals surface area (Å²) >= 11 is 0. The molecule has 0 heteroatoms. The third-order valence-electron chi connectivity index (χ3n) is 6.51. The predicted molar refractivity (Wildman–Crippen MR) is 115 cm³/mol. The van der Waals surface area contributed by atoms with Crippen molar-refractivity contribution in [2.45, 2.75) is 45.4 Å². The van der Waals surface area contributed by atoms with Gasteiger partial charge in [0, 0.05) is 11.8 Å². The molecule has 0 fully saturated rings. The molecule has 134 valence electrons. The summed E-state index contributed by atoms with van der Waals surface area (Å²) in [5.41, 5.74) is 13.1. The molecule has 0 nitrogen and oxygen atoms in total. The Kier molecular flexibility index (Phi) is 3.82. The minimum Gasteiger partial charge on any atom is -0.0652 e. The number of rotatable bonds is 3. The van der Waals surface area contributed by atoms with Gasteiger partial charge in [-0.2, -0.15) is 0 Å². The average molecular weight is 351 g/mol. The molecule has 0 heterocycles. The summed E-state index contributed by atoms with van der Waals surface area (Å²) in [5, 5.41) is 0. The second-order valence-electron chi connectivity index (χ2n) is 8.38. The summed E-state index contributed by atoms with van der Waals surface area (Å²) < 4.78 is 0. The van der Waals surface area contributed by atoms with Crippen LogP contribution in [0.5, 0.6) is 0 Å². The van der Waals surface area contributed by atoms with E-state index in [1.165, 1.54) is 62.9 Å². The van der Waals surface area contributed by atoms with Gasteiger partial charge < -0.3 is 0 Å². The lowest BCUT2D eigenvalue weighted by Gasteiger charge is -2.19. The first kappa shape index (κ1) is 16.6. The van der Waals surface area contributed by atoms with Gasteiger partial charge in [0.05, 0.1) is 0 Å². The van der Waals surface area contributed by atoms with Gasteiger partial charge in [0.2, 0.25) is 0 Å². The Morgan fingerprint density at radius 3 is 1.89 bits per heavy atom. The largest absolute Gasteiger partial charge is 0.0652 e. The van der Waals surface area contributed by atoms with E-state index in [-0.39, 0.29) is 0 Å². The molecule has 2 aliphatic rings. The Morgan fingerprint density at radius 1 is 0.630 bits per heavy atom. The van der Waals surface area contributed by atoms with Gasteiger partial charge in [-0.3, -0.25) is 0 Å². The fourth-order valence-corrected chi connectivity index (χ4v) is 5.16. The maximum atomic E-state index is 2.38. The number of aryl methyl sites for hydroxylation is 2. The number of hydrogen-bond donors (Lipinski definition) is 0. The zero-order chi connectivity index (χ0) is 18.5. The molecule has 0 N–H and O–H groups in total. The molecular weight excluding hydrogens is 324 g/mol. The van der Waals surface area contributed by atoms with Crippen LogP contribution < -0.4 is 0 Å². The van der Waals surface area contributed by atoms with E-state index in [9.17, 15) is 0 Å². The van der Waals surface area contributed by atoms with Crippen LogP contribution in [0.25, 0.3) is 17.2 Å². The SMILES string of the molecule is CC1=Cc2ccccc2C1CCC1c2ccc(C)cc2-c2cc(C)ccc21. The lowest BCUT2D eigenvalue weighted by molar-refractivity contribution is 0.618. The van der Waals surface area contributed by atoms with Crippen molar-refractivity contribution in [3.63, 3.8) is 0 Å². The smallest absolute Gasteiger partial charge is 0.0102 e. The Morgan fingerprint density at radius 2 is 1.22 bits per heavy atom. The quantitative estimate of drug-likeness (QED) is 0.462. The summed E-state index contributed by atoms with van der Waals surface area (Å²) in [6, 6.07) is 23.0. The van der Waals surface area contributed by atoms with E-state index in [1.54, 1.807) is 0 Å². The van der Waals surface area contributed by atoms with E-state index in [0.717, 1.165) is 0 Å². The molecule has 3 aromatic rings. The van der Waals surface area contributed by atoms with Crippen LogP contribution in [0.2, 0.25) is 0 Å². The van der Waals surface area contributed by atoms with Crippen LogP contribution in [0.3, 0.4) is 0 Å². The Balaban J connectivity index is 1.49. The van der Waals surface area contributed by atoms with Gasteiger partial charge in [0.25, 0.3) is 0 Å². The first-order valence-corrected chi connectivity index (χ1v) is 10.1. The van der Waals surface area contributed by atoms with Crippen LogP contribution in [0, 0.1) is 13.8 Å². The lowest BCUT2D eigenvalue weighted by atomic mass is 9.85. The van der Waals surface area contributed by atoms with E-state index in [4.69, 9.17) is 0 Å². The van der Waals surface area contributed by atoms with Crippen LogP contribution in [-0.2, 0) is 0 Å². The number of allylic oxidation sites excluding steroid dienone is 1.